The molecule has 1 atom stereocenters. The molecule has 0 radical (unpaired) electrons. The lowest BCUT2D eigenvalue weighted by Gasteiger charge is -2.32. The highest BCUT2D eigenvalue weighted by atomic mass is 32.1. The summed E-state index contributed by atoms with van der Waals surface area (Å²) in [6, 6.07) is 3.79. The number of hydrogen-bond acceptors (Lipinski definition) is 4. The van der Waals surface area contributed by atoms with Crippen molar-refractivity contribution < 1.29 is 9.21 Å². The molecule has 3 heterocycles. The second kappa shape index (κ2) is 6.65. The van der Waals surface area contributed by atoms with Crippen molar-refractivity contribution in [2.45, 2.75) is 45.4 Å². The van der Waals surface area contributed by atoms with E-state index in [9.17, 15) is 4.79 Å². The van der Waals surface area contributed by atoms with E-state index >= 15 is 0 Å². The zero-order chi connectivity index (χ0) is 15.5. The van der Waals surface area contributed by atoms with Gasteiger partial charge in [0, 0.05) is 36.7 Å². The van der Waals surface area contributed by atoms with E-state index in [-0.39, 0.29) is 5.91 Å². The smallest absolute Gasteiger partial charge is 0.223 e. The van der Waals surface area contributed by atoms with E-state index in [1.54, 1.807) is 17.6 Å². The Balaban J connectivity index is 1.58. The van der Waals surface area contributed by atoms with E-state index in [0.29, 0.717) is 18.8 Å². The molecule has 118 valence electrons. The molecule has 1 amide bonds. The predicted molar refractivity (Wildman–Crippen MR) is 87.2 cm³/mol. The molecule has 4 nitrogen and oxygen atoms in total. The van der Waals surface area contributed by atoms with Gasteiger partial charge in [0.15, 0.2) is 0 Å². The lowest BCUT2D eigenvalue weighted by molar-refractivity contribution is -0.132. The summed E-state index contributed by atoms with van der Waals surface area (Å²) in [5.41, 5.74) is 1.13. The van der Waals surface area contributed by atoms with Crippen molar-refractivity contribution >= 4 is 17.2 Å². The van der Waals surface area contributed by atoms with E-state index in [1.807, 2.05) is 17.0 Å². The summed E-state index contributed by atoms with van der Waals surface area (Å²) in [5.74, 6) is 1.51. The Morgan fingerprint density at radius 2 is 2.36 bits per heavy atom. The molecule has 0 spiro atoms. The fraction of sp³-hybridized carbons (Fsp3) is 0.529. The van der Waals surface area contributed by atoms with Crippen molar-refractivity contribution in [3.8, 4) is 0 Å². The number of hydrogen-bond donors (Lipinski definition) is 0. The number of nitrogens with zero attached hydrogens (tertiary/aromatic N) is 2. The molecule has 1 aliphatic heterocycles. The molecule has 2 aromatic rings. The molecule has 1 fully saturated rings. The molecule has 1 unspecified atom stereocenters. The van der Waals surface area contributed by atoms with Crippen LogP contribution < -0.4 is 0 Å². The summed E-state index contributed by atoms with van der Waals surface area (Å²) in [5, 5.41) is 1.19. The van der Waals surface area contributed by atoms with Crippen LogP contribution in [0.3, 0.4) is 0 Å². The summed E-state index contributed by atoms with van der Waals surface area (Å²) >= 11 is 1.78. The topological polar surface area (TPSA) is 46.3 Å². The van der Waals surface area contributed by atoms with Crippen LogP contribution in [0.2, 0.25) is 0 Å². The molecule has 0 bridgehead atoms. The number of aromatic nitrogens is 1. The summed E-state index contributed by atoms with van der Waals surface area (Å²) in [6.07, 6.45) is 5.06. The standard InChI is InChI=1S/C17H22N2O2S/c1-12-13(2)22-17(18-12)14-5-3-9-19(11-14)16(20)8-7-15-6-4-10-21-15/h4,6,10,14H,3,5,7-9,11H2,1-2H3. The fourth-order valence-electron chi connectivity index (χ4n) is 2.92. The molecule has 2 aromatic heterocycles. The van der Waals surface area contributed by atoms with E-state index in [0.717, 1.165) is 37.4 Å². The number of aryl methyl sites for hydroxylation is 3. The molecule has 0 aromatic carbocycles. The molecular formula is C17H22N2O2S. The number of likely N-dealkylation sites (tertiary alicyclic amines) is 1. The van der Waals surface area contributed by atoms with Gasteiger partial charge in [0.1, 0.15) is 5.76 Å². The molecule has 5 heteroatoms. The van der Waals surface area contributed by atoms with Crippen molar-refractivity contribution in [3.63, 3.8) is 0 Å². The van der Waals surface area contributed by atoms with Gasteiger partial charge < -0.3 is 9.32 Å². The van der Waals surface area contributed by atoms with Gasteiger partial charge in [0.05, 0.1) is 17.0 Å². The van der Waals surface area contributed by atoms with Gasteiger partial charge in [-0.15, -0.1) is 11.3 Å². The van der Waals surface area contributed by atoms with E-state index < -0.39 is 0 Å². The van der Waals surface area contributed by atoms with Crippen LogP contribution in [0.25, 0.3) is 0 Å². The maximum absolute atomic E-state index is 12.4. The van der Waals surface area contributed by atoms with Gasteiger partial charge in [-0.3, -0.25) is 4.79 Å². The molecule has 0 saturated carbocycles. The van der Waals surface area contributed by atoms with Gasteiger partial charge in [-0.25, -0.2) is 4.98 Å². The van der Waals surface area contributed by atoms with Gasteiger partial charge in [-0.1, -0.05) is 0 Å². The highest BCUT2D eigenvalue weighted by Crippen LogP contribution is 2.31. The minimum Gasteiger partial charge on any atom is -0.469 e. The maximum atomic E-state index is 12.4. The van der Waals surface area contributed by atoms with Crippen LogP contribution in [0, 0.1) is 13.8 Å². The summed E-state index contributed by atoms with van der Waals surface area (Å²) in [4.78, 5) is 20.4. The lowest BCUT2D eigenvalue weighted by Crippen LogP contribution is -2.39. The van der Waals surface area contributed by atoms with Crippen molar-refractivity contribution in [1.29, 1.82) is 0 Å². The minimum atomic E-state index is 0.228. The van der Waals surface area contributed by atoms with Crippen LogP contribution in [0.15, 0.2) is 22.8 Å². The van der Waals surface area contributed by atoms with E-state index in [1.165, 1.54) is 9.88 Å². The first kappa shape index (κ1) is 15.3. The van der Waals surface area contributed by atoms with Crippen LogP contribution >= 0.6 is 11.3 Å². The maximum Gasteiger partial charge on any atom is 0.223 e. The van der Waals surface area contributed by atoms with Gasteiger partial charge in [0.25, 0.3) is 0 Å². The summed E-state index contributed by atoms with van der Waals surface area (Å²) in [6.45, 7) is 5.86. The number of amides is 1. The van der Waals surface area contributed by atoms with Gasteiger partial charge in [-0.2, -0.15) is 0 Å². The molecule has 3 rings (SSSR count). The first-order chi connectivity index (χ1) is 10.6. The highest BCUT2D eigenvalue weighted by Gasteiger charge is 2.26. The van der Waals surface area contributed by atoms with Crippen LogP contribution in [-0.2, 0) is 11.2 Å². The van der Waals surface area contributed by atoms with Crippen molar-refractivity contribution in [2.24, 2.45) is 0 Å². The van der Waals surface area contributed by atoms with Crippen molar-refractivity contribution in [2.75, 3.05) is 13.1 Å². The number of piperidine rings is 1. The zero-order valence-electron chi connectivity index (χ0n) is 13.2. The third-order valence-electron chi connectivity index (χ3n) is 4.33. The Labute approximate surface area is 135 Å². The highest BCUT2D eigenvalue weighted by molar-refractivity contribution is 7.11. The fourth-order valence-corrected chi connectivity index (χ4v) is 3.97. The number of carbonyl (C=O) groups excluding carboxylic acids is 1. The molecule has 0 aliphatic carbocycles. The second-order valence-corrected chi connectivity index (χ2v) is 7.19. The number of thiazole rings is 1. The zero-order valence-corrected chi connectivity index (χ0v) is 14.0. The molecule has 22 heavy (non-hydrogen) atoms. The Hall–Kier alpha value is -1.62. The predicted octanol–water partition coefficient (Wildman–Crippen LogP) is 3.69. The number of furan rings is 1. The largest absolute Gasteiger partial charge is 0.469 e. The minimum absolute atomic E-state index is 0.228. The molecule has 0 N–H and O–H groups in total. The Bertz CT molecular complexity index is 614. The van der Waals surface area contributed by atoms with Crippen LogP contribution in [0.1, 0.15) is 46.5 Å². The summed E-state index contributed by atoms with van der Waals surface area (Å²) in [7, 11) is 0. The number of rotatable bonds is 4. The van der Waals surface area contributed by atoms with Crippen LogP contribution in [0.4, 0.5) is 0 Å². The normalized spacial score (nSPS) is 18.6. The van der Waals surface area contributed by atoms with Crippen LogP contribution in [0.5, 0.6) is 0 Å². The average molecular weight is 318 g/mol. The van der Waals surface area contributed by atoms with Crippen LogP contribution in [-0.4, -0.2) is 28.9 Å². The van der Waals surface area contributed by atoms with E-state index in [4.69, 9.17) is 4.42 Å². The Morgan fingerprint density at radius 1 is 1.50 bits per heavy atom. The quantitative estimate of drug-likeness (QED) is 0.863. The third kappa shape index (κ3) is 3.40. The van der Waals surface area contributed by atoms with Gasteiger partial charge in [-0.05, 0) is 38.8 Å². The van der Waals surface area contributed by atoms with Crippen molar-refractivity contribution in [1.82, 2.24) is 9.88 Å². The van der Waals surface area contributed by atoms with Crippen molar-refractivity contribution in [3.05, 3.63) is 39.7 Å². The SMILES string of the molecule is Cc1nc(C2CCCN(C(=O)CCc3ccco3)C2)sc1C. The Kier molecular flexibility index (Phi) is 4.62. The summed E-state index contributed by atoms with van der Waals surface area (Å²) < 4.78 is 5.30. The monoisotopic (exact) mass is 318 g/mol. The van der Waals surface area contributed by atoms with E-state index in [2.05, 4.69) is 18.8 Å². The average Bonchev–Trinajstić information content (AvgIpc) is 3.16. The molecular weight excluding hydrogens is 296 g/mol. The first-order valence-corrected chi connectivity index (χ1v) is 8.69. The van der Waals surface area contributed by atoms with Gasteiger partial charge >= 0.3 is 0 Å². The molecule has 1 aliphatic rings. The second-order valence-electron chi connectivity index (χ2n) is 5.95. The molecule has 1 saturated heterocycles. The number of carbonyl (C=O) groups is 1. The lowest BCUT2D eigenvalue weighted by atomic mass is 9.98. The third-order valence-corrected chi connectivity index (χ3v) is 5.57. The van der Waals surface area contributed by atoms with Gasteiger partial charge in [0.2, 0.25) is 5.91 Å². The Morgan fingerprint density at radius 3 is 3.05 bits per heavy atom. The first-order valence-electron chi connectivity index (χ1n) is 7.87.